The van der Waals surface area contributed by atoms with E-state index in [1.807, 2.05) is 17.5 Å². The van der Waals surface area contributed by atoms with Gasteiger partial charge in [-0.3, -0.25) is 10.1 Å². The van der Waals surface area contributed by atoms with Crippen molar-refractivity contribution in [3.63, 3.8) is 0 Å². The monoisotopic (exact) mass is 342 g/mol. The standard InChI is InChI=1S/C12H14N4O4S2/c1-22(18,19)16-6-2-4-8(16)10(17)13-12-15-14-11(20-12)9-5-3-7-21-9/h3,5,7-8H,2,4,6H2,1H3,(H,13,15,17)/t8-/m1/s1. The van der Waals surface area contributed by atoms with Crippen LogP contribution in [-0.2, 0) is 14.8 Å². The van der Waals surface area contributed by atoms with Crippen LogP contribution in [0.2, 0.25) is 0 Å². The Balaban J connectivity index is 1.72. The number of hydrogen-bond donors (Lipinski definition) is 1. The lowest BCUT2D eigenvalue weighted by Gasteiger charge is -2.20. The number of rotatable bonds is 4. The molecule has 22 heavy (non-hydrogen) atoms. The fourth-order valence-electron chi connectivity index (χ4n) is 2.36. The van der Waals surface area contributed by atoms with Gasteiger partial charge in [0.2, 0.25) is 15.9 Å². The largest absolute Gasteiger partial charge is 0.402 e. The van der Waals surface area contributed by atoms with Gasteiger partial charge in [-0.25, -0.2) is 8.42 Å². The minimum absolute atomic E-state index is 0.0336. The van der Waals surface area contributed by atoms with Gasteiger partial charge in [0, 0.05) is 6.54 Å². The topological polar surface area (TPSA) is 105 Å². The Morgan fingerprint density at radius 3 is 3.00 bits per heavy atom. The molecule has 1 aliphatic rings. The minimum atomic E-state index is -3.41. The third-order valence-corrected chi connectivity index (χ3v) is 5.47. The predicted octanol–water partition coefficient (Wildman–Crippen LogP) is 1.16. The molecule has 0 aromatic carbocycles. The second kappa shape index (κ2) is 5.78. The lowest BCUT2D eigenvalue weighted by Crippen LogP contribution is -2.42. The van der Waals surface area contributed by atoms with Gasteiger partial charge in [-0.1, -0.05) is 11.2 Å². The number of carbonyl (C=O) groups excluding carboxylic acids is 1. The van der Waals surface area contributed by atoms with Crippen LogP contribution in [0.3, 0.4) is 0 Å². The summed E-state index contributed by atoms with van der Waals surface area (Å²) in [6.07, 6.45) is 2.22. The van der Waals surface area contributed by atoms with E-state index in [1.165, 1.54) is 15.6 Å². The third kappa shape index (κ3) is 3.03. The molecule has 0 bridgehead atoms. The van der Waals surface area contributed by atoms with Crippen molar-refractivity contribution < 1.29 is 17.6 Å². The number of nitrogens with one attached hydrogen (secondary N) is 1. The van der Waals surface area contributed by atoms with Crippen molar-refractivity contribution in [2.75, 3.05) is 18.1 Å². The Morgan fingerprint density at radius 1 is 1.50 bits per heavy atom. The molecule has 3 rings (SSSR count). The van der Waals surface area contributed by atoms with Crippen molar-refractivity contribution in [1.82, 2.24) is 14.5 Å². The molecule has 3 heterocycles. The van der Waals surface area contributed by atoms with E-state index in [-0.39, 0.29) is 6.01 Å². The fourth-order valence-corrected chi connectivity index (χ4v) is 4.13. The van der Waals surface area contributed by atoms with Gasteiger partial charge in [0.05, 0.1) is 11.1 Å². The number of sulfonamides is 1. The van der Waals surface area contributed by atoms with E-state index < -0.39 is 22.0 Å². The highest BCUT2D eigenvalue weighted by Crippen LogP contribution is 2.25. The minimum Gasteiger partial charge on any atom is -0.402 e. The van der Waals surface area contributed by atoms with E-state index in [0.717, 1.165) is 11.1 Å². The molecule has 0 radical (unpaired) electrons. The molecule has 1 atom stereocenters. The SMILES string of the molecule is CS(=O)(=O)N1CCC[C@@H]1C(=O)Nc1nnc(-c2cccs2)o1. The van der Waals surface area contributed by atoms with E-state index >= 15 is 0 Å². The molecule has 2 aromatic rings. The first-order chi connectivity index (χ1) is 10.4. The van der Waals surface area contributed by atoms with Crippen LogP contribution in [0, 0.1) is 0 Å². The lowest BCUT2D eigenvalue weighted by atomic mass is 10.2. The van der Waals surface area contributed by atoms with Gasteiger partial charge in [-0.15, -0.1) is 16.4 Å². The van der Waals surface area contributed by atoms with Gasteiger partial charge in [-0.2, -0.15) is 4.31 Å². The zero-order valence-corrected chi connectivity index (χ0v) is 13.4. The van der Waals surface area contributed by atoms with Crippen LogP contribution in [0.4, 0.5) is 6.01 Å². The normalized spacial score (nSPS) is 19.4. The summed E-state index contributed by atoms with van der Waals surface area (Å²) in [5.74, 6) is -0.138. The molecule has 2 aromatic heterocycles. The first-order valence-electron chi connectivity index (χ1n) is 6.60. The maximum Gasteiger partial charge on any atom is 0.322 e. The van der Waals surface area contributed by atoms with E-state index in [2.05, 4.69) is 15.5 Å². The average Bonchev–Trinajstić information content (AvgIpc) is 3.19. The van der Waals surface area contributed by atoms with Crippen LogP contribution in [0.15, 0.2) is 21.9 Å². The molecule has 1 amide bonds. The van der Waals surface area contributed by atoms with Gasteiger partial charge in [0.25, 0.3) is 5.89 Å². The highest BCUT2D eigenvalue weighted by Gasteiger charge is 2.36. The smallest absolute Gasteiger partial charge is 0.322 e. The molecule has 1 fully saturated rings. The first kappa shape index (κ1) is 15.1. The summed E-state index contributed by atoms with van der Waals surface area (Å²) >= 11 is 1.44. The molecule has 0 saturated carbocycles. The summed E-state index contributed by atoms with van der Waals surface area (Å²) in [7, 11) is -3.41. The van der Waals surface area contributed by atoms with Crippen LogP contribution >= 0.6 is 11.3 Å². The Morgan fingerprint density at radius 2 is 2.32 bits per heavy atom. The molecular formula is C12H14N4O4S2. The van der Waals surface area contributed by atoms with Crippen LogP contribution < -0.4 is 5.32 Å². The summed E-state index contributed by atoms with van der Waals surface area (Å²) in [5.41, 5.74) is 0. The Kier molecular flexibility index (Phi) is 3.98. The van der Waals surface area contributed by atoms with Crippen molar-refractivity contribution in [2.45, 2.75) is 18.9 Å². The molecule has 1 saturated heterocycles. The molecular weight excluding hydrogens is 328 g/mol. The number of nitrogens with zero attached hydrogens (tertiary/aromatic N) is 3. The summed E-state index contributed by atoms with van der Waals surface area (Å²) in [4.78, 5) is 13.0. The molecule has 0 spiro atoms. The van der Waals surface area contributed by atoms with Crippen molar-refractivity contribution in [3.8, 4) is 10.8 Å². The molecule has 10 heteroatoms. The second-order valence-electron chi connectivity index (χ2n) is 4.91. The third-order valence-electron chi connectivity index (χ3n) is 3.32. The predicted molar refractivity (Wildman–Crippen MR) is 80.8 cm³/mol. The molecule has 0 aliphatic carbocycles. The molecule has 0 unspecified atom stereocenters. The summed E-state index contributed by atoms with van der Waals surface area (Å²) in [6, 6.07) is 2.91. The maximum absolute atomic E-state index is 12.2. The summed E-state index contributed by atoms with van der Waals surface area (Å²) < 4.78 is 29.9. The van der Waals surface area contributed by atoms with Crippen molar-refractivity contribution in [2.24, 2.45) is 0 Å². The van der Waals surface area contributed by atoms with Crippen LogP contribution in [0.1, 0.15) is 12.8 Å². The average molecular weight is 342 g/mol. The number of anilines is 1. The van der Waals surface area contributed by atoms with E-state index in [0.29, 0.717) is 25.3 Å². The number of amides is 1. The first-order valence-corrected chi connectivity index (χ1v) is 9.33. The zero-order chi connectivity index (χ0) is 15.7. The van der Waals surface area contributed by atoms with Gasteiger partial charge >= 0.3 is 6.01 Å². The van der Waals surface area contributed by atoms with Gasteiger partial charge in [0.1, 0.15) is 6.04 Å². The quantitative estimate of drug-likeness (QED) is 0.894. The highest BCUT2D eigenvalue weighted by atomic mass is 32.2. The van der Waals surface area contributed by atoms with Gasteiger partial charge in [0.15, 0.2) is 0 Å². The second-order valence-corrected chi connectivity index (χ2v) is 7.79. The van der Waals surface area contributed by atoms with E-state index in [9.17, 15) is 13.2 Å². The molecule has 1 N–H and O–H groups in total. The molecule has 8 nitrogen and oxygen atoms in total. The fraction of sp³-hybridized carbons (Fsp3) is 0.417. The van der Waals surface area contributed by atoms with Crippen molar-refractivity contribution in [3.05, 3.63) is 17.5 Å². The molecule has 1 aliphatic heterocycles. The Hall–Kier alpha value is -1.78. The number of carbonyl (C=O) groups is 1. The molecule has 118 valence electrons. The van der Waals surface area contributed by atoms with Crippen LogP contribution in [0.5, 0.6) is 0 Å². The highest BCUT2D eigenvalue weighted by molar-refractivity contribution is 7.88. The zero-order valence-electron chi connectivity index (χ0n) is 11.7. The number of aromatic nitrogens is 2. The number of thiophene rings is 1. The Bertz CT molecular complexity index is 769. The van der Waals surface area contributed by atoms with Crippen LogP contribution in [0.25, 0.3) is 10.8 Å². The maximum atomic E-state index is 12.2. The Labute approximate surface area is 131 Å². The van der Waals surface area contributed by atoms with Gasteiger partial charge < -0.3 is 4.42 Å². The van der Waals surface area contributed by atoms with Crippen molar-refractivity contribution >= 4 is 33.3 Å². The lowest BCUT2D eigenvalue weighted by molar-refractivity contribution is -0.119. The van der Waals surface area contributed by atoms with E-state index in [1.54, 1.807) is 0 Å². The van der Waals surface area contributed by atoms with Gasteiger partial charge in [-0.05, 0) is 24.3 Å². The summed E-state index contributed by atoms with van der Waals surface area (Å²) in [6.45, 7) is 0.348. The van der Waals surface area contributed by atoms with Crippen LogP contribution in [-0.4, -0.2) is 47.7 Å². The number of hydrogen-bond acceptors (Lipinski definition) is 7. The van der Waals surface area contributed by atoms with Crippen molar-refractivity contribution in [1.29, 1.82) is 0 Å². The summed E-state index contributed by atoms with van der Waals surface area (Å²) in [5, 5.41) is 12.0. The van der Waals surface area contributed by atoms with E-state index in [4.69, 9.17) is 4.42 Å².